The molecule has 0 unspecified atom stereocenters. The lowest BCUT2D eigenvalue weighted by molar-refractivity contribution is -0.129. The molecule has 0 saturated carbocycles. The highest BCUT2D eigenvalue weighted by atomic mass is 35.5. The lowest BCUT2D eigenvalue weighted by Gasteiger charge is -2.24. The van der Waals surface area contributed by atoms with E-state index in [1.165, 1.54) is 11.8 Å². The zero-order valence-corrected chi connectivity index (χ0v) is 19.4. The molecule has 2 aromatic heterocycles. The standard InChI is InChI=1S/C25H22ClN3O3S/c26-18-10-11-20-21(15-18)27-25(29(23(20)30)16-19-9-6-14-32-19)33-22(17-7-2-1-3-8-17)24(31)28-12-4-5-13-28/h1-3,6-11,14-15,22H,4-5,12-13,16H2/t22-/m1/s1. The largest absolute Gasteiger partial charge is 0.467 e. The number of likely N-dealkylation sites (tertiary alicyclic amines) is 1. The van der Waals surface area contributed by atoms with Crippen molar-refractivity contribution in [2.75, 3.05) is 13.1 Å². The second kappa shape index (κ2) is 9.45. The predicted molar refractivity (Wildman–Crippen MR) is 130 cm³/mol. The second-order valence-electron chi connectivity index (χ2n) is 7.97. The van der Waals surface area contributed by atoms with E-state index in [9.17, 15) is 9.59 Å². The average Bonchev–Trinajstić information content (AvgIpc) is 3.54. The first-order valence-corrected chi connectivity index (χ1v) is 12.1. The minimum Gasteiger partial charge on any atom is -0.467 e. The number of hydrogen-bond donors (Lipinski definition) is 0. The minimum absolute atomic E-state index is 0.0358. The third kappa shape index (κ3) is 4.56. The molecule has 1 saturated heterocycles. The molecule has 1 amide bonds. The molecule has 1 aliphatic rings. The van der Waals surface area contributed by atoms with Crippen molar-refractivity contribution in [1.29, 1.82) is 0 Å². The number of amides is 1. The maximum atomic E-state index is 13.5. The summed E-state index contributed by atoms with van der Waals surface area (Å²) in [6, 6.07) is 18.3. The van der Waals surface area contributed by atoms with E-state index in [0.29, 0.717) is 26.8 Å². The molecule has 0 radical (unpaired) electrons. The average molecular weight is 480 g/mol. The van der Waals surface area contributed by atoms with E-state index in [0.717, 1.165) is 31.5 Å². The molecule has 4 aromatic rings. The Kier molecular flexibility index (Phi) is 6.24. The Balaban J connectivity index is 1.62. The summed E-state index contributed by atoms with van der Waals surface area (Å²) in [7, 11) is 0. The molecule has 0 aliphatic carbocycles. The van der Waals surface area contributed by atoms with Crippen LogP contribution in [0.4, 0.5) is 0 Å². The van der Waals surface area contributed by atoms with Gasteiger partial charge in [0.15, 0.2) is 5.16 Å². The van der Waals surface area contributed by atoms with E-state index in [1.807, 2.05) is 41.3 Å². The van der Waals surface area contributed by atoms with Crippen molar-refractivity contribution in [2.45, 2.75) is 29.8 Å². The van der Waals surface area contributed by atoms with Crippen LogP contribution in [0.15, 0.2) is 81.3 Å². The SMILES string of the molecule is O=C([C@H](Sc1nc2cc(Cl)ccc2c(=O)n1Cc1ccco1)c1ccccc1)N1CCCC1. The second-order valence-corrected chi connectivity index (χ2v) is 9.48. The maximum absolute atomic E-state index is 13.5. The summed E-state index contributed by atoms with van der Waals surface area (Å²) in [4.78, 5) is 33.7. The van der Waals surface area contributed by atoms with Gasteiger partial charge >= 0.3 is 0 Å². The first-order chi connectivity index (χ1) is 16.1. The van der Waals surface area contributed by atoms with Crippen molar-refractivity contribution in [3.8, 4) is 0 Å². The van der Waals surface area contributed by atoms with Crippen LogP contribution in [0.25, 0.3) is 10.9 Å². The Morgan fingerprint density at radius 3 is 2.61 bits per heavy atom. The Bertz CT molecular complexity index is 1330. The number of benzene rings is 2. The number of aromatic nitrogens is 2. The van der Waals surface area contributed by atoms with Gasteiger partial charge in [-0.15, -0.1) is 0 Å². The van der Waals surface area contributed by atoms with Gasteiger partial charge in [-0.3, -0.25) is 14.2 Å². The molecule has 0 spiro atoms. The predicted octanol–water partition coefficient (Wildman–Crippen LogP) is 5.15. The van der Waals surface area contributed by atoms with Gasteiger partial charge in [0, 0.05) is 18.1 Å². The van der Waals surface area contributed by atoms with Gasteiger partial charge in [-0.1, -0.05) is 53.7 Å². The van der Waals surface area contributed by atoms with Crippen LogP contribution in [0.3, 0.4) is 0 Å². The summed E-state index contributed by atoms with van der Waals surface area (Å²) < 4.78 is 7.08. The summed E-state index contributed by atoms with van der Waals surface area (Å²) in [5, 5.41) is 0.905. The molecule has 2 aromatic carbocycles. The molecule has 5 rings (SSSR count). The van der Waals surface area contributed by atoms with Crippen molar-refractivity contribution in [2.24, 2.45) is 0 Å². The first kappa shape index (κ1) is 21.8. The number of rotatable bonds is 6. The van der Waals surface area contributed by atoms with Crippen molar-refractivity contribution in [3.63, 3.8) is 0 Å². The van der Waals surface area contributed by atoms with Gasteiger partial charge in [-0.25, -0.2) is 4.98 Å². The molecule has 1 atom stereocenters. The normalized spacial score (nSPS) is 14.6. The van der Waals surface area contributed by atoms with E-state index >= 15 is 0 Å². The monoisotopic (exact) mass is 479 g/mol. The van der Waals surface area contributed by atoms with Gasteiger partial charge in [-0.05, 0) is 48.7 Å². The van der Waals surface area contributed by atoms with Crippen LogP contribution < -0.4 is 5.56 Å². The number of nitrogens with zero attached hydrogens (tertiary/aromatic N) is 3. The fraction of sp³-hybridized carbons (Fsp3) is 0.240. The van der Waals surface area contributed by atoms with E-state index in [2.05, 4.69) is 0 Å². The summed E-state index contributed by atoms with van der Waals surface area (Å²) in [6.07, 6.45) is 3.59. The number of halogens is 1. The summed E-state index contributed by atoms with van der Waals surface area (Å²) in [5.74, 6) is 0.671. The lowest BCUT2D eigenvalue weighted by Crippen LogP contribution is -2.32. The van der Waals surface area contributed by atoms with E-state index in [1.54, 1.807) is 35.1 Å². The molecule has 168 valence electrons. The van der Waals surface area contributed by atoms with Gasteiger partial charge in [0.2, 0.25) is 5.91 Å². The molecule has 1 fully saturated rings. The molecular formula is C25H22ClN3O3S. The van der Waals surface area contributed by atoms with Crippen molar-refractivity contribution >= 4 is 40.2 Å². The van der Waals surface area contributed by atoms with Crippen LogP contribution in [-0.2, 0) is 11.3 Å². The van der Waals surface area contributed by atoms with Gasteiger partial charge in [0.05, 0.1) is 23.7 Å². The van der Waals surface area contributed by atoms with Crippen LogP contribution in [0.2, 0.25) is 5.02 Å². The van der Waals surface area contributed by atoms with Crippen LogP contribution >= 0.6 is 23.4 Å². The zero-order valence-electron chi connectivity index (χ0n) is 17.8. The topological polar surface area (TPSA) is 68.3 Å². The molecule has 3 heterocycles. The van der Waals surface area contributed by atoms with Crippen molar-refractivity contribution in [1.82, 2.24) is 14.5 Å². The van der Waals surface area contributed by atoms with E-state index in [4.69, 9.17) is 21.0 Å². The molecule has 8 heteroatoms. The smallest absolute Gasteiger partial charge is 0.262 e. The number of carbonyl (C=O) groups excluding carboxylic acids is 1. The Morgan fingerprint density at radius 2 is 1.88 bits per heavy atom. The third-order valence-corrected chi connectivity index (χ3v) is 7.21. The maximum Gasteiger partial charge on any atom is 0.262 e. The zero-order chi connectivity index (χ0) is 22.8. The highest BCUT2D eigenvalue weighted by molar-refractivity contribution is 8.00. The number of fused-ring (bicyclic) bond motifs is 1. The highest BCUT2D eigenvalue weighted by Gasteiger charge is 2.30. The van der Waals surface area contributed by atoms with Crippen molar-refractivity contribution in [3.05, 3.63) is 93.6 Å². The number of furan rings is 1. The van der Waals surface area contributed by atoms with Gasteiger partial charge in [0.25, 0.3) is 5.56 Å². The third-order valence-electron chi connectivity index (χ3n) is 5.74. The Hall–Kier alpha value is -3.03. The van der Waals surface area contributed by atoms with Crippen LogP contribution in [0, 0.1) is 0 Å². The summed E-state index contributed by atoms with van der Waals surface area (Å²) in [5.41, 5.74) is 1.19. The molecule has 1 aliphatic heterocycles. The summed E-state index contributed by atoms with van der Waals surface area (Å²) in [6.45, 7) is 1.73. The number of carbonyl (C=O) groups is 1. The summed E-state index contributed by atoms with van der Waals surface area (Å²) >= 11 is 7.48. The van der Waals surface area contributed by atoms with Gasteiger partial charge in [-0.2, -0.15) is 0 Å². The number of hydrogen-bond acceptors (Lipinski definition) is 5. The van der Waals surface area contributed by atoms with Crippen molar-refractivity contribution < 1.29 is 9.21 Å². The molecule has 33 heavy (non-hydrogen) atoms. The van der Waals surface area contributed by atoms with E-state index < -0.39 is 5.25 Å². The van der Waals surface area contributed by atoms with Gasteiger partial charge in [0.1, 0.15) is 11.0 Å². The number of thioether (sulfide) groups is 1. The first-order valence-electron chi connectivity index (χ1n) is 10.8. The van der Waals surface area contributed by atoms with Crippen LogP contribution in [0.1, 0.15) is 29.4 Å². The molecule has 0 N–H and O–H groups in total. The lowest BCUT2D eigenvalue weighted by atomic mass is 10.1. The fourth-order valence-electron chi connectivity index (χ4n) is 4.06. The molecular weight excluding hydrogens is 458 g/mol. The minimum atomic E-state index is -0.518. The van der Waals surface area contributed by atoms with Crippen LogP contribution in [0.5, 0.6) is 0 Å². The Labute approximate surface area is 200 Å². The van der Waals surface area contributed by atoms with Crippen LogP contribution in [-0.4, -0.2) is 33.4 Å². The highest BCUT2D eigenvalue weighted by Crippen LogP contribution is 2.37. The fourth-order valence-corrected chi connectivity index (χ4v) is 5.41. The van der Waals surface area contributed by atoms with E-state index in [-0.39, 0.29) is 18.0 Å². The quantitative estimate of drug-likeness (QED) is 0.282. The molecule has 6 nitrogen and oxygen atoms in total. The van der Waals surface area contributed by atoms with Gasteiger partial charge < -0.3 is 9.32 Å². The molecule has 0 bridgehead atoms. The Morgan fingerprint density at radius 1 is 1.09 bits per heavy atom.